The molecule has 6 nitrogen and oxygen atoms in total. The topological polar surface area (TPSA) is 84.5 Å². The Morgan fingerprint density at radius 2 is 1.56 bits per heavy atom. The van der Waals surface area contributed by atoms with E-state index in [1.807, 2.05) is 31.2 Å². The fraction of sp³-hybridized carbons (Fsp3) is 0.464. The maximum atomic E-state index is 13.5. The van der Waals surface area contributed by atoms with Gasteiger partial charge in [-0.25, -0.2) is 0 Å². The predicted molar refractivity (Wildman–Crippen MR) is 132 cm³/mol. The number of hydrogen-bond donors (Lipinski definition) is 2. The molecule has 1 fully saturated rings. The van der Waals surface area contributed by atoms with E-state index in [0.29, 0.717) is 18.8 Å². The lowest BCUT2D eigenvalue weighted by Gasteiger charge is -2.26. The van der Waals surface area contributed by atoms with Gasteiger partial charge in [0.15, 0.2) is 0 Å². The molecule has 1 aliphatic rings. The lowest BCUT2D eigenvalue weighted by atomic mass is 9.90. The first kappa shape index (κ1) is 25.5. The van der Waals surface area contributed by atoms with E-state index in [2.05, 4.69) is 53.5 Å². The van der Waals surface area contributed by atoms with Crippen LogP contribution in [-0.2, 0) is 19.1 Å². The van der Waals surface area contributed by atoms with Crippen LogP contribution in [0.5, 0.6) is 0 Å². The van der Waals surface area contributed by atoms with Crippen molar-refractivity contribution >= 4 is 17.8 Å². The molecule has 3 atom stereocenters. The Morgan fingerprint density at radius 3 is 2.18 bits per heavy atom. The van der Waals surface area contributed by atoms with Crippen LogP contribution in [-0.4, -0.2) is 31.4 Å². The molecule has 0 unspecified atom stereocenters. The van der Waals surface area contributed by atoms with Gasteiger partial charge in [-0.05, 0) is 47.9 Å². The Hall–Kier alpha value is -3.15. The first-order chi connectivity index (χ1) is 16.3. The smallest absolute Gasteiger partial charge is 0.307 e. The highest BCUT2D eigenvalue weighted by Crippen LogP contribution is 2.34. The zero-order valence-electron chi connectivity index (χ0n) is 20.6. The molecule has 2 N–H and O–H groups in total. The van der Waals surface area contributed by atoms with E-state index < -0.39 is 5.92 Å². The van der Waals surface area contributed by atoms with Crippen LogP contribution in [0.15, 0.2) is 48.5 Å². The van der Waals surface area contributed by atoms with E-state index in [1.165, 1.54) is 12.7 Å². The highest BCUT2D eigenvalue weighted by molar-refractivity contribution is 5.88. The van der Waals surface area contributed by atoms with Crippen LogP contribution in [0, 0.1) is 18.8 Å². The van der Waals surface area contributed by atoms with Crippen molar-refractivity contribution in [2.45, 2.75) is 58.4 Å². The first-order valence-corrected chi connectivity index (χ1v) is 12.1. The predicted octanol–water partition coefficient (Wildman–Crippen LogP) is 4.42. The highest BCUT2D eigenvalue weighted by Gasteiger charge is 2.38. The molecule has 34 heavy (non-hydrogen) atoms. The second kappa shape index (κ2) is 11.8. The summed E-state index contributed by atoms with van der Waals surface area (Å²) in [5, 5.41) is 6.05. The summed E-state index contributed by atoms with van der Waals surface area (Å²) in [5.41, 5.74) is 4.41. The van der Waals surface area contributed by atoms with E-state index in [1.54, 1.807) is 0 Å². The zero-order chi connectivity index (χ0) is 24.7. The number of nitrogens with one attached hydrogen (secondary N) is 2. The molecule has 2 aromatic carbocycles. The second-order valence-electron chi connectivity index (χ2n) is 9.38. The van der Waals surface area contributed by atoms with Gasteiger partial charge in [0.25, 0.3) is 0 Å². The average Bonchev–Trinajstić information content (AvgIpc) is 3.33. The lowest BCUT2D eigenvalue weighted by Crippen LogP contribution is -2.41. The van der Waals surface area contributed by atoms with Crippen molar-refractivity contribution in [3.63, 3.8) is 0 Å². The molecule has 2 aromatic rings. The number of esters is 1. The van der Waals surface area contributed by atoms with Crippen molar-refractivity contribution in [2.75, 3.05) is 13.7 Å². The fourth-order valence-corrected chi connectivity index (χ4v) is 4.68. The standard InChI is InChI=1S/C28H36N2O4/c1-18(2)20-12-14-21(15-13-20)26(22-9-6-5-8-19(22)3)30-28(33)24-11-7-10-23(24)27(32)29-17-16-25(31)34-4/h5-6,8-9,12-15,18,23-24,26H,7,10-11,16-17H2,1-4H3,(H,29,32)(H,30,33)/t23-,24+,26+/m0/s1. The minimum Gasteiger partial charge on any atom is -0.469 e. The molecule has 2 amide bonds. The lowest BCUT2D eigenvalue weighted by molar-refractivity contribution is -0.140. The minimum atomic E-state index is -0.390. The number of amides is 2. The molecule has 0 radical (unpaired) electrons. The monoisotopic (exact) mass is 464 g/mol. The van der Waals surface area contributed by atoms with Gasteiger partial charge >= 0.3 is 5.97 Å². The number of aryl methyl sites for hydroxylation is 1. The van der Waals surface area contributed by atoms with E-state index in [4.69, 9.17) is 0 Å². The van der Waals surface area contributed by atoms with Crippen LogP contribution in [0.25, 0.3) is 0 Å². The number of rotatable bonds is 9. The summed E-state index contributed by atoms with van der Waals surface area (Å²) in [7, 11) is 1.32. The summed E-state index contributed by atoms with van der Waals surface area (Å²) in [6.45, 7) is 6.58. The number of benzene rings is 2. The third-order valence-electron chi connectivity index (χ3n) is 6.77. The van der Waals surface area contributed by atoms with Crippen LogP contribution in [0.1, 0.15) is 73.7 Å². The molecule has 0 spiro atoms. The average molecular weight is 465 g/mol. The summed E-state index contributed by atoms with van der Waals surface area (Å²) in [5.74, 6) is -0.997. The molecule has 0 heterocycles. The number of ether oxygens (including phenoxy) is 1. The summed E-state index contributed by atoms with van der Waals surface area (Å²) >= 11 is 0. The van der Waals surface area contributed by atoms with Crippen LogP contribution in [0.2, 0.25) is 0 Å². The maximum absolute atomic E-state index is 13.5. The highest BCUT2D eigenvalue weighted by atomic mass is 16.5. The molecule has 182 valence electrons. The molecule has 0 saturated heterocycles. The van der Waals surface area contributed by atoms with E-state index in [0.717, 1.165) is 23.1 Å². The van der Waals surface area contributed by atoms with Gasteiger partial charge in [-0.2, -0.15) is 0 Å². The van der Waals surface area contributed by atoms with Crippen molar-refractivity contribution in [3.8, 4) is 0 Å². The molecule has 0 aliphatic heterocycles. The Morgan fingerprint density at radius 1 is 0.941 bits per heavy atom. The normalized spacial score (nSPS) is 18.4. The van der Waals surface area contributed by atoms with Crippen molar-refractivity contribution in [1.29, 1.82) is 0 Å². The third kappa shape index (κ3) is 6.25. The Labute approximate surface area is 202 Å². The van der Waals surface area contributed by atoms with Gasteiger partial charge in [0.1, 0.15) is 0 Å². The van der Waals surface area contributed by atoms with Gasteiger partial charge in [-0.3, -0.25) is 14.4 Å². The Balaban J connectivity index is 1.77. The van der Waals surface area contributed by atoms with Gasteiger partial charge in [-0.15, -0.1) is 0 Å². The largest absolute Gasteiger partial charge is 0.469 e. The number of methoxy groups -OCH3 is 1. The van der Waals surface area contributed by atoms with Gasteiger partial charge < -0.3 is 15.4 Å². The molecule has 1 saturated carbocycles. The molecule has 3 rings (SSSR count). The molecular formula is C28H36N2O4. The van der Waals surface area contributed by atoms with Gasteiger partial charge in [0.2, 0.25) is 11.8 Å². The fourth-order valence-electron chi connectivity index (χ4n) is 4.68. The molecule has 1 aliphatic carbocycles. The van der Waals surface area contributed by atoms with Crippen LogP contribution in [0.3, 0.4) is 0 Å². The van der Waals surface area contributed by atoms with Gasteiger partial charge in [-0.1, -0.05) is 68.8 Å². The zero-order valence-corrected chi connectivity index (χ0v) is 20.6. The quantitative estimate of drug-likeness (QED) is 0.538. The summed E-state index contributed by atoms with van der Waals surface area (Å²) in [6.07, 6.45) is 2.28. The SMILES string of the molecule is COC(=O)CCNC(=O)[C@H]1CCC[C@H]1C(=O)N[C@H](c1ccc(C(C)C)cc1)c1ccccc1C. The summed E-state index contributed by atoms with van der Waals surface area (Å²) in [6, 6.07) is 16.2. The minimum absolute atomic E-state index is 0.105. The van der Waals surface area contributed by atoms with E-state index in [9.17, 15) is 14.4 Å². The number of carbonyl (C=O) groups is 3. The Kier molecular flexibility index (Phi) is 8.85. The summed E-state index contributed by atoms with van der Waals surface area (Å²) in [4.78, 5) is 37.6. The van der Waals surface area contributed by atoms with Crippen molar-refractivity contribution in [3.05, 3.63) is 70.8 Å². The third-order valence-corrected chi connectivity index (χ3v) is 6.77. The molecule has 0 bridgehead atoms. The molecule has 0 aromatic heterocycles. The Bertz CT molecular complexity index is 1000. The van der Waals surface area contributed by atoms with Gasteiger partial charge in [0, 0.05) is 18.4 Å². The van der Waals surface area contributed by atoms with Crippen LogP contribution >= 0.6 is 0 Å². The number of hydrogen-bond acceptors (Lipinski definition) is 4. The first-order valence-electron chi connectivity index (χ1n) is 12.1. The van der Waals surface area contributed by atoms with Gasteiger partial charge in [0.05, 0.1) is 19.6 Å². The van der Waals surface area contributed by atoms with Crippen LogP contribution < -0.4 is 10.6 Å². The molecule has 6 heteroatoms. The van der Waals surface area contributed by atoms with Crippen molar-refractivity contribution in [2.24, 2.45) is 11.8 Å². The van der Waals surface area contributed by atoms with Crippen molar-refractivity contribution in [1.82, 2.24) is 10.6 Å². The molecular weight excluding hydrogens is 428 g/mol. The summed E-state index contributed by atoms with van der Waals surface area (Å²) < 4.78 is 4.62. The van der Waals surface area contributed by atoms with Crippen molar-refractivity contribution < 1.29 is 19.1 Å². The van der Waals surface area contributed by atoms with E-state index in [-0.39, 0.29) is 42.7 Å². The van der Waals surface area contributed by atoms with E-state index >= 15 is 0 Å². The maximum Gasteiger partial charge on any atom is 0.307 e. The number of carbonyl (C=O) groups excluding carboxylic acids is 3. The second-order valence-corrected chi connectivity index (χ2v) is 9.38. The van der Waals surface area contributed by atoms with Crippen LogP contribution in [0.4, 0.5) is 0 Å².